The van der Waals surface area contributed by atoms with Crippen LogP contribution in [0.4, 0.5) is 0 Å². The van der Waals surface area contributed by atoms with Crippen LogP contribution in [0.2, 0.25) is 0 Å². The van der Waals surface area contributed by atoms with E-state index in [4.69, 9.17) is 0 Å². The van der Waals surface area contributed by atoms with Crippen LogP contribution in [-0.2, 0) is 21.7 Å². The predicted octanol–water partition coefficient (Wildman–Crippen LogP) is 31.1. The number of halogens is 8. The average molecular weight is 2300 g/mol. The van der Waals surface area contributed by atoms with E-state index < -0.39 is 0 Å². The first-order chi connectivity index (χ1) is 45.2. The van der Waals surface area contributed by atoms with Gasteiger partial charge in [-0.3, -0.25) is 0 Å². The molecular formula is C80H64I8S8. The van der Waals surface area contributed by atoms with E-state index >= 15 is 0 Å². The van der Waals surface area contributed by atoms with Gasteiger partial charge in [-0.2, -0.15) is 0 Å². The van der Waals surface area contributed by atoms with Gasteiger partial charge in [0.25, 0.3) is 0 Å². The second-order valence-electron chi connectivity index (χ2n) is 29.4. The molecule has 0 amide bonds. The number of hydrogen-bond acceptors (Lipinski definition) is 8. The molecule has 0 N–H and O–H groups in total. The van der Waals surface area contributed by atoms with E-state index in [1.807, 2.05) is 90.7 Å². The Morgan fingerprint density at radius 1 is 0.250 bits per heavy atom. The van der Waals surface area contributed by atoms with Gasteiger partial charge in [-0.15, -0.1) is 90.7 Å². The van der Waals surface area contributed by atoms with Crippen molar-refractivity contribution in [1.29, 1.82) is 0 Å². The lowest BCUT2D eigenvalue weighted by Crippen LogP contribution is -2.20. The van der Waals surface area contributed by atoms with E-state index in [0.717, 1.165) is 0 Å². The molecule has 12 aromatic rings. The Bertz CT molecular complexity index is 5150. The largest absolute Gasteiger partial charge is 0.129 e. The smallest absolute Gasteiger partial charge is 0.0663 e. The van der Waals surface area contributed by atoms with Crippen LogP contribution in [0.5, 0.6) is 0 Å². The summed E-state index contributed by atoms with van der Waals surface area (Å²) < 4.78 is 11.2. The van der Waals surface area contributed by atoms with Crippen molar-refractivity contribution in [3.05, 3.63) is 207 Å². The lowest BCUT2D eigenvalue weighted by atomic mass is 9.74. The molecule has 0 aliphatic heterocycles. The van der Waals surface area contributed by atoms with Gasteiger partial charge in [0.05, 0.1) is 23.1 Å². The highest BCUT2D eigenvalue weighted by molar-refractivity contribution is 14.1. The first kappa shape index (κ1) is 69.4. The van der Waals surface area contributed by atoms with Crippen molar-refractivity contribution in [3.8, 4) is 83.5 Å². The van der Waals surface area contributed by atoms with Crippen LogP contribution in [0.25, 0.3) is 83.5 Å². The minimum atomic E-state index is 0.0891. The maximum absolute atomic E-state index is 2.50. The first-order valence-corrected chi connectivity index (χ1v) is 47.5. The van der Waals surface area contributed by atoms with Crippen molar-refractivity contribution in [2.45, 2.75) is 156 Å². The molecule has 0 nitrogen and oxygen atoms in total. The Balaban J connectivity index is 0.0000000969. The highest BCUT2D eigenvalue weighted by atomic mass is 127. The van der Waals surface area contributed by atoms with Crippen molar-refractivity contribution in [1.82, 2.24) is 0 Å². The van der Waals surface area contributed by atoms with Gasteiger partial charge in [0, 0.05) is 84.3 Å². The minimum Gasteiger partial charge on any atom is -0.129 e. The summed E-state index contributed by atoms with van der Waals surface area (Å²) in [7, 11) is 0. The molecule has 8 aliphatic carbocycles. The summed E-state index contributed by atoms with van der Waals surface area (Å²) in [5.74, 6) is 2.12. The second kappa shape index (κ2) is 23.9. The topological polar surface area (TPSA) is 0 Å². The minimum absolute atomic E-state index is 0.0891. The monoisotopic (exact) mass is 2300 g/mol. The molecule has 0 fully saturated rings. The standard InChI is InChI=1S/C22H20I2S2.2C20H16I2S2.C18H12I2S2/c1-9-15-18(22(5,6)11-7-13(23)25-19(11)15)10(2)16-17(9)21(3,4)12-8-14(24)26-20(12)16;1-19(2)11-5-10-12(6-9(11)17-13(19)7-15(21)23-17)20(3,4)14-8-16(22)24-18(10)14;1-7-11-5-13(21)23-19(11)17-10(4)16-8(2)12-6-14(22)24-20(12)18(16)9(3)15(7)17;1-7-9-3-14-10(8(2)12-6-16(20)22-18(12)14)4-13(9)17-11(7)5-15(19)21-17/h7-8H,1-6H3;2*5-8H,1-4H3;3-8H,1-2H3. The van der Waals surface area contributed by atoms with Crippen LogP contribution in [0.1, 0.15) is 218 Å². The van der Waals surface area contributed by atoms with E-state index in [1.54, 1.807) is 44.5 Å². The van der Waals surface area contributed by atoms with Crippen molar-refractivity contribution >= 4 is 271 Å². The van der Waals surface area contributed by atoms with E-state index in [1.165, 1.54) is 173 Å². The van der Waals surface area contributed by atoms with E-state index in [2.05, 4.69) is 364 Å². The van der Waals surface area contributed by atoms with Gasteiger partial charge in [0.2, 0.25) is 0 Å². The fourth-order valence-electron chi connectivity index (χ4n) is 18.5. The molecule has 4 unspecified atom stereocenters. The fraction of sp³-hybridized carbons (Fsp3) is 0.300. The molecule has 4 aromatic carbocycles. The molecule has 8 heterocycles. The molecule has 0 bridgehead atoms. The predicted molar refractivity (Wildman–Crippen MR) is 492 cm³/mol. The summed E-state index contributed by atoms with van der Waals surface area (Å²) in [6.45, 7) is 38.2. The molecule has 0 radical (unpaired) electrons. The Hall–Kier alpha value is 0.320. The fourth-order valence-corrected chi connectivity index (χ4v) is 35.0. The summed E-state index contributed by atoms with van der Waals surface area (Å²) in [5.41, 5.74) is 43.2. The van der Waals surface area contributed by atoms with Crippen LogP contribution in [0, 0.1) is 50.8 Å². The maximum Gasteiger partial charge on any atom is 0.0663 e. The number of benzene rings is 4. The number of rotatable bonds is 0. The van der Waals surface area contributed by atoms with Gasteiger partial charge in [-0.1, -0.05) is 83.1 Å². The quantitative estimate of drug-likeness (QED) is 0.133. The van der Waals surface area contributed by atoms with E-state index in [0.29, 0.717) is 23.7 Å². The molecule has 20 rings (SSSR count). The van der Waals surface area contributed by atoms with Gasteiger partial charge in [-0.05, 0) is 437 Å². The molecule has 0 saturated heterocycles. The van der Waals surface area contributed by atoms with Gasteiger partial charge in [0.15, 0.2) is 0 Å². The van der Waals surface area contributed by atoms with Crippen molar-refractivity contribution in [3.63, 3.8) is 0 Å². The zero-order chi connectivity index (χ0) is 67.9. The SMILES string of the molecule is CC1(C)c2cc3c(cc2-c2sc(I)cc21)C(C)(C)c1cc(I)sc1-3.CC1c2cc3c(cc2-c2sc(I)cc21)C(C)c1cc(I)sc1-3.Cc1c2c(c(C)c3c1C(C)(C)c1cc(I)sc1-3)C(C)(C)c1cc(I)sc1-2.Cc1c2c(c(C)c3c1C(C)c1cc(I)sc1-3)C(C)c1cc(I)sc1-2. The van der Waals surface area contributed by atoms with Crippen molar-refractivity contribution < 1.29 is 0 Å². The summed E-state index contributed by atoms with van der Waals surface area (Å²) >= 11 is 35.4. The van der Waals surface area contributed by atoms with Crippen molar-refractivity contribution in [2.24, 2.45) is 0 Å². The first-order valence-electron chi connectivity index (χ1n) is 32.3. The van der Waals surface area contributed by atoms with Gasteiger partial charge >= 0.3 is 0 Å². The molecule has 4 atom stereocenters. The zero-order valence-electron chi connectivity index (χ0n) is 55.5. The zero-order valence-corrected chi connectivity index (χ0v) is 79.3. The lowest BCUT2D eigenvalue weighted by molar-refractivity contribution is 0.645. The molecule has 0 spiro atoms. The molecule has 8 aliphatic rings. The van der Waals surface area contributed by atoms with Gasteiger partial charge in [0.1, 0.15) is 0 Å². The van der Waals surface area contributed by atoms with Crippen molar-refractivity contribution in [2.75, 3.05) is 0 Å². The summed E-state index contributed by atoms with van der Waals surface area (Å²) in [5, 5.41) is 0. The van der Waals surface area contributed by atoms with Crippen LogP contribution in [0.15, 0.2) is 72.8 Å². The molecule has 0 saturated carbocycles. The normalized spacial score (nSPS) is 19.2. The van der Waals surface area contributed by atoms with E-state index in [-0.39, 0.29) is 21.7 Å². The molecule has 96 heavy (non-hydrogen) atoms. The average Bonchev–Trinajstić information content (AvgIpc) is 1.54. The molecular weight excluding hydrogens is 2230 g/mol. The third kappa shape index (κ3) is 9.88. The van der Waals surface area contributed by atoms with E-state index in [9.17, 15) is 0 Å². The molecule has 16 heteroatoms. The Morgan fingerprint density at radius 3 is 0.854 bits per heavy atom. The van der Waals surface area contributed by atoms with Crippen LogP contribution in [-0.4, -0.2) is 0 Å². The summed E-state index contributed by atoms with van der Waals surface area (Å²) in [4.78, 5) is 12.1. The van der Waals surface area contributed by atoms with Crippen LogP contribution in [0.3, 0.4) is 0 Å². The highest BCUT2D eigenvalue weighted by Crippen LogP contribution is 2.66. The Labute approximate surface area is 706 Å². The number of thiophene rings is 8. The third-order valence-electron chi connectivity index (χ3n) is 23.0. The number of hydrogen-bond donors (Lipinski definition) is 0. The maximum atomic E-state index is 2.50. The summed E-state index contributed by atoms with van der Waals surface area (Å²) in [6, 6.07) is 29.1. The third-order valence-corrected chi connectivity index (χ3v) is 38.5. The van der Waals surface area contributed by atoms with Gasteiger partial charge < -0.3 is 0 Å². The molecule has 8 aromatic heterocycles. The number of fused-ring (bicyclic) bond motifs is 24. The Kier molecular flexibility index (Phi) is 17.3. The van der Waals surface area contributed by atoms with Crippen LogP contribution >= 0.6 is 271 Å². The van der Waals surface area contributed by atoms with Crippen LogP contribution < -0.4 is 0 Å². The summed E-state index contributed by atoms with van der Waals surface area (Å²) in [6.07, 6.45) is 0. The van der Waals surface area contributed by atoms with Gasteiger partial charge in [-0.25, -0.2) is 0 Å². The lowest BCUT2D eigenvalue weighted by Gasteiger charge is -2.29. The Morgan fingerprint density at radius 2 is 0.521 bits per heavy atom. The second-order valence-corrected chi connectivity index (χ2v) is 53.0. The highest BCUT2D eigenvalue weighted by Gasteiger charge is 2.49. The molecule has 488 valence electrons.